The van der Waals surface area contributed by atoms with Gasteiger partial charge >= 0.3 is 0 Å². The van der Waals surface area contributed by atoms with E-state index in [2.05, 4.69) is 0 Å². The highest BCUT2D eigenvalue weighted by Crippen LogP contribution is 2.19. The summed E-state index contributed by atoms with van der Waals surface area (Å²) in [5.74, 6) is 0. The summed E-state index contributed by atoms with van der Waals surface area (Å²) in [5.41, 5.74) is 5.16. The molecule has 80 valence electrons. The van der Waals surface area contributed by atoms with Crippen molar-refractivity contribution < 1.29 is 9.13 Å². The van der Waals surface area contributed by atoms with Gasteiger partial charge in [0, 0.05) is 10.8 Å². The highest BCUT2D eigenvalue weighted by Gasteiger charge is 2.21. The van der Waals surface area contributed by atoms with Gasteiger partial charge in [-0.1, -0.05) is 27.7 Å². The van der Waals surface area contributed by atoms with E-state index >= 15 is 0 Å². The Bertz CT molecular complexity index is 130. The number of alkyl halides is 1. The normalized spacial score (nSPS) is 13.4. The Hall–Kier alpha value is -0.150. The molecule has 0 amide bonds. The van der Waals surface area contributed by atoms with Crippen LogP contribution in [0.1, 0.15) is 27.7 Å². The number of ether oxygens (including phenoxy) is 1. The average Bonchev–Trinajstić information content (AvgIpc) is 2.04. The van der Waals surface area contributed by atoms with Gasteiger partial charge in [-0.25, -0.2) is 0 Å². The zero-order chi connectivity index (χ0) is 10.5. The smallest absolute Gasteiger partial charge is 0.0967 e. The topological polar surface area (TPSA) is 35.2 Å². The van der Waals surface area contributed by atoms with Gasteiger partial charge in [-0.2, -0.15) is 0 Å². The maximum Gasteiger partial charge on any atom is 0.0967 e. The molecular weight excluding hydrogens is 169 g/mol. The Morgan fingerprint density at radius 1 is 1.08 bits per heavy atom. The van der Waals surface area contributed by atoms with E-state index in [0.29, 0.717) is 19.8 Å². The SMILES string of the molecule is CC(C)(CN)COCC(C)(C)CF. The van der Waals surface area contributed by atoms with E-state index in [4.69, 9.17) is 10.5 Å². The van der Waals surface area contributed by atoms with E-state index in [1.54, 1.807) is 0 Å². The molecule has 0 heterocycles. The zero-order valence-electron chi connectivity index (χ0n) is 9.19. The van der Waals surface area contributed by atoms with E-state index in [9.17, 15) is 4.39 Å². The summed E-state index contributed by atoms with van der Waals surface area (Å²) < 4.78 is 17.8. The summed E-state index contributed by atoms with van der Waals surface area (Å²) >= 11 is 0. The second-order valence-electron chi connectivity index (χ2n) is 5.16. The van der Waals surface area contributed by atoms with Crippen LogP contribution in [0.25, 0.3) is 0 Å². The molecule has 0 spiro atoms. The first-order chi connectivity index (χ1) is 5.83. The number of rotatable bonds is 6. The van der Waals surface area contributed by atoms with E-state index in [1.165, 1.54) is 0 Å². The Balaban J connectivity index is 3.68. The first-order valence-electron chi connectivity index (χ1n) is 4.67. The van der Waals surface area contributed by atoms with Gasteiger partial charge in [0.1, 0.15) is 0 Å². The number of halogens is 1. The van der Waals surface area contributed by atoms with Gasteiger partial charge in [-0.15, -0.1) is 0 Å². The van der Waals surface area contributed by atoms with Crippen molar-refractivity contribution in [1.82, 2.24) is 0 Å². The van der Waals surface area contributed by atoms with Crippen LogP contribution in [0.15, 0.2) is 0 Å². The Labute approximate surface area is 80.6 Å². The molecule has 0 fully saturated rings. The molecule has 2 N–H and O–H groups in total. The van der Waals surface area contributed by atoms with Crippen molar-refractivity contribution in [3.05, 3.63) is 0 Å². The monoisotopic (exact) mass is 191 g/mol. The van der Waals surface area contributed by atoms with Crippen molar-refractivity contribution in [2.45, 2.75) is 27.7 Å². The molecule has 0 saturated carbocycles. The van der Waals surface area contributed by atoms with Gasteiger partial charge in [-0.3, -0.25) is 4.39 Å². The van der Waals surface area contributed by atoms with Gasteiger partial charge in [0.2, 0.25) is 0 Å². The fraction of sp³-hybridized carbons (Fsp3) is 1.00. The van der Waals surface area contributed by atoms with Crippen LogP contribution in [0.4, 0.5) is 4.39 Å². The number of hydrogen-bond donors (Lipinski definition) is 1. The molecular formula is C10H22FNO. The first kappa shape index (κ1) is 12.8. The third kappa shape index (κ3) is 5.99. The summed E-state index contributed by atoms with van der Waals surface area (Å²) in [6.07, 6.45) is 0. The summed E-state index contributed by atoms with van der Waals surface area (Å²) in [5, 5.41) is 0. The van der Waals surface area contributed by atoms with Crippen molar-refractivity contribution in [2.24, 2.45) is 16.6 Å². The molecule has 0 rings (SSSR count). The Morgan fingerprint density at radius 2 is 1.54 bits per heavy atom. The molecule has 0 aliphatic rings. The van der Waals surface area contributed by atoms with Crippen molar-refractivity contribution in [3.63, 3.8) is 0 Å². The fourth-order valence-electron chi connectivity index (χ4n) is 0.701. The molecule has 0 saturated heterocycles. The lowest BCUT2D eigenvalue weighted by Gasteiger charge is -2.26. The molecule has 0 aromatic carbocycles. The predicted molar refractivity (Wildman–Crippen MR) is 53.4 cm³/mol. The lowest BCUT2D eigenvalue weighted by atomic mass is 9.94. The minimum atomic E-state index is -0.370. The molecule has 0 unspecified atom stereocenters. The van der Waals surface area contributed by atoms with Crippen LogP contribution in [0.5, 0.6) is 0 Å². The third-order valence-electron chi connectivity index (χ3n) is 1.90. The molecule has 2 nitrogen and oxygen atoms in total. The molecule has 3 heteroatoms. The number of nitrogens with two attached hydrogens (primary N) is 1. The van der Waals surface area contributed by atoms with Crippen LogP contribution in [0, 0.1) is 10.8 Å². The predicted octanol–water partition coefficient (Wildman–Crippen LogP) is 1.98. The minimum Gasteiger partial charge on any atom is -0.380 e. The molecule has 0 aromatic rings. The van der Waals surface area contributed by atoms with E-state index in [-0.39, 0.29) is 17.5 Å². The molecule has 13 heavy (non-hydrogen) atoms. The van der Waals surface area contributed by atoms with Crippen LogP contribution in [0.3, 0.4) is 0 Å². The first-order valence-corrected chi connectivity index (χ1v) is 4.67. The second kappa shape index (κ2) is 4.91. The van der Waals surface area contributed by atoms with Gasteiger partial charge < -0.3 is 10.5 Å². The van der Waals surface area contributed by atoms with Crippen LogP contribution in [-0.2, 0) is 4.74 Å². The number of hydrogen-bond acceptors (Lipinski definition) is 2. The van der Waals surface area contributed by atoms with Gasteiger partial charge in [-0.05, 0) is 6.54 Å². The largest absolute Gasteiger partial charge is 0.380 e. The summed E-state index contributed by atoms with van der Waals surface area (Å²) in [4.78, 5) is 0. The van der Waals surface area contributed by atoms with Crippen LogP contribution in [-0.4, -0.2) is 26.4 Å². The maximum absolute atomic E-state index is 12.4. The molecule has 0 bridgehead atoms. The minimum absolute atomic E-state index is 0.00755. The van der Waals surface area contributed by atoms with Crippen molar-refractivity contribution in [2.75, 3.05) is 26.4 Å². The average molecular weight is 191 g/mol. The van der Waals surface area contributed by atoms with E-state index in [1.807, 2.05) is 27.7 Å². The van der Waals surface area contributed by atoms with Crippen LogP contribution >= 0.6 is 0 Å². The van der Waals surface area contributed by atoms with Crippen LogP contribution in [0.2, 0.25) is 0 Å². The summed E-state index contributed by atoms with van der Waals surface area (Å²) in [6.45, 7) is 9.05. The Kier molecular flexibility index (Phi) is 4.86. The molecule has 0 radical (unpaired) electrons. The third-order valence-corrected chi connectivity index (χ3v) is 1.90. The highest BCUT2D eigenvalue weighted by atomic mass is 19.1. The van der Waals surface area contributed by atoms with Crippen LogP contribution < -0.4 is 5.73 Å². The van der Waals surface area contributed by atoms with E-state index < -0.39 is 0 Å². The molecule has 0 atom stereocenters. The summed E-state index contributed by atoms with van der Waals surface area (Å²) in [6, 6.07) is 0. The lowest BCUT2D eigenvalue weighted by molar-refractivity contribution is 0.00963. The molecule has 0 aliphatic carbocycles. The fourth-order valence-corrected chi connectivity index (χ4v) is 0.701. The molecule has 0 aliphatic heterocycles. The van der Waals surface area contributed by atoms with Crippen molar-refractivity contribution in [3.8, 4) is 0 Å². The summed E-state index contributed by atoms with van der Waals surface area (Å²) in [7, 11) is 0. The van der Waals surface area contributed by atoms with Gasteiger partial charge in [0.15, 0.2) is 0 Å². The van der Waals surface area contributed by atoms with Crippen molar-refractivity contribution in [1.29, 1.82) is 0 Å². The van der Waals surface area contributed by atoms with Gasteiger partial charge in [0.25, 0.3) is 0 Å². The van der Waals surface area contributed by atoms with E-state index in [0.717, 1.165) is 0 Å². The maximum atomic E-state index is 12.4. The highest BCUT2D eigenvalue weighted by molar-refractivity contribution is 4.70. The zero-order valence-corrected chi connectivity index (χ0v) is 9.19. The quantitative estimate of drug-likeness (QED) is 0.696. The van der Waals surface area contributed by atoms with Crippen molar-refractivity contribution >= 4 is 0 Å². The second-order valence-corrected chi connectivity index (χ2v) is 5.16. The standard InChI is InChI=1S/C10H22FNO/c1-9(2,5-11)7-13-8-10(3,4)6-12/h5-8,12H2,1-4H3. The lowest BCUT2D eigenvalue weighted by Crippen LogP contribution is -2.31. The molecule has 0 aromatic heterocycles. The Morgan fingerprint density at radius 3 is 1.92 bits per heavy atom. The van der Waals surface area contributed by atoms with Gasteiger partial charge in [0.05, 0.1) is 19.9 Å².